The Morgan fingerprint density at radius 2 is 1.78 bits per heavy atom. The van der Waals surface area contributed by atoms with E-state index >= 15 is 0 Å². The minimum atomic E-state index is -0.208. The van der Waals surface area contributed by atoms with E-state index in [4.69, 9.17) is 0 Å². The van der Waals surface area contributed by atoms with Gasteiger partial charge in [0, 0.05) is 5.56 Å². The molecule has 0 heterocycles. The number of alkyl halides is 1. The molecule has 0 aliphatic carbocycles. The summed E-state index contributed by atoms with van der Waals surface area (Å²) in [5, 5.41) is 0. The largest absolute Gasteiger partial charge is 0.205 e. The molecule has 1 unspecified atom stereocenters. The number of halogens is 3. The summed E-state index contributed by atoms with van der Waals surface area (Å²) in [4.78, 5) is -0.130. The summed E-state index contributed by atoms with van der Waals surface area (Å²) in [5.41, 5.74) is 4.09. The predicted octanol–water partition coefficient (Wildman–Crippen LogP) is 5.69. The summed E-state index contributed by atoms with van der Waals surface area (Å²) in [6.07, 6.45) is 0. The third-order valence-electron chi connectivity index (χ3n) is 2.96. The van der Waals surface area contributed by atoms with Crippen molar-refractivity contribution < 1.29 is 4.39 Å². The number of rotatable bonds is 2. The van der Waals surface area contributed by atoms with Crippen LogP contribution in [0.1, 0.15) is 27.1 Å². The minimum Gasteiger partial charge on any atom is -0.205 e. The lowest BCUT2D eigenvalue weighted by atomic mass is 9.98. The van der Waals surface area contributed by atoms with E-state index in [0.29, 0.717) is 10.0 Å². The molecular formula is C15H13Br2F. The highest BCUT2D eigenvalue weighted by Crippen LogP contribution is 2.36. The first kappa shape index (κ1) is 13.8. The molecule has 2 aromatic carbocycles. The van der Waals surface area contributed by atoms with Crippen molar-refractivity contribution in [3.8, 4) is 0 Å². The smallest absolute Gasteiger partial charge is 0.142 e. The second kappa shape index (κ2) is 5.54. The van der Waals surface area contributed by atoms with Crippen molar-refractivity contribution in [1.82, 2.24) is 0 Å². The monoisotopic (exact) mass is 370 g/mol. The molecule has 0 fully saturated rings. The van der Waals surface area contributed by atoms with Crippen molar-refractivity contribution in [2.75, 3.05) is 0 Å². The van der Waals surface area contributed by atoms with Crippen LogP contribution in [0.25, 0.3) is 0 Å². The van der Waals surface area contributed by atoms with Gasteiger partial charge in [-0.05, 0) is 47.0 Å². The first-order valence-electron chi connectivity index (χ1n) is 5.66. The standard InChI is InChI=1S/C15H13Br2F/c1-9-6-7-10(2)12(8-9)14(17)11-4-3-5-13(16)15(11)18/h3-8,14H,1-2H3. The zero-order valence-electron chi connectivity index (χ0n) is 10.2. The lowest BCUT2D eigenvalue weighted by molar-refractivity contribution is 0.607. The summed E-state index contributed by atoms with van der Waals surface area (Å²) in [6, 6.07) is 11.6. The molecule has 0 spiro atoms. The number of aryl methyl sites for hydroxylation is 2. The molecule has 18 heavy (non-hydrogen) atoms. The van der Waals surface area contributed by atoms with Crippen molar-refractivity contribution in [1.29, 1.82) is 0 Å². The average Bonchev–Trinajstić information content (AvgIpc) is 2.35. The van der Waals surface area contributed by atoms with E-state index in [2.05, 4.69) is 50.1 Å². The van der Waals surface area contributed by atoms with Crippen LogP contribution in [0.3, 0.4) is 0 Å². The number of hydrogen-bond donors (Lipinski definition) is 0. The van der Waals surface area contributed by atoms with Gasteiger partial charge >= 0.3 is 0 Å². The van der Waals surface area contributed by atoms with E-state index in [1.165, 1.54) is 5.56 Å². The highest BCUT2D eigenvalue weighted by Gasteiger charge is 2.18. The topological polar surface area (TPSA) is 0 Å². The van der Waals surface area contributed by atoms with Crippen LogP contribution in [-0.4, -0.2) is 0 Å². The maximum Gasteiger partial charge on any atom is 0.142 e. The van der Waals surface area contributed by atoms with Gasteiger partial charge in [-0.3, -0.25) is 0 Å². The summed E-state index contributed by atoms with van der Waals surface area (Å²) in [7, 11) is 0. The molecule has 0 radical (unpaired) electrons. The Morgan fingerprint density at radius 3 is 2.50 bits per heavy atom. The summed E-state index contributed by atoms with van der Waals surface area (Å²) in [6.45, 7) is 4.08. The van der Waals surface area contributed by atoms with Crippen LogP contribution < -0.4 is 0 Å². The van der Waals surface area contributed by atoms with Crippen molar-refractivity contribution >= 4 is 31.9 Å². The summed E-state index contributed by atoms with van der Waals surface area (Å²) in [5.74, 6) is -0.208. The van der Waals surface area contributed by atoms with Gasteiger partial charge in [-0.1, -0.05) is 51.8 Å². The third-order valence-corrected chi connectivity index (χ3v) is 4.56. The van der Waals surface area contributed by atoms with Crippen LogP contribution in [0.4, 0.5) is 4.39 Å². The van der Waals surface area contributed by atoms with E-state index in [9.17, 15) is 4.39 Å². The molecule has 0 bridgehead atoms. The minimum absolute atomic E-state index is 0.130. The van der Waals surface area contributed by atoms with Gasteiger partial charge in [-0.25, -0.2) is 4.39 Å². The maximum atomic E-state index is 14.1. The van der Waals surface area contributed by atoms with Crippen LogP contribution >= 0.6 is 31.9 Å². The molecule has 0 saturated carbocycles. The first-order valence-corrected chi connectivity index (χ1v) is 7.36. The second-order valence-corrected chi connectivity index (χ2v) is 6.14. The lowest BCUT2D eigenvalue weighted by Crippen LogP contribution is -2.00. The van der Waals surface area contributed by atoms with Gasteiger partial charge in [-0.15, -0.1) is 0 Å². The highest BCUT2D eigenvalue weighted by atomic mass is 79.9. The molecule has 0 nitrogen and oxygen atoms in total. The van der Waals surface area contributed by atoms with Gasteiger partial charge in [0.05, 0.1) is 9.30 Å². The predicted molar refractivity (Wildman–Crippen MR) is 80.8 cm³/mol. The molecule has 0 amide bonds. The Hall–Kier alpha value is -0.670. The van der Waals surface area contributed by atoms with Crippen LogP contribution in [0.15, 0.2) is 40.9 Å². The first-order chi connectivity index (χ1) is 8.50. The summed E-state index contributed by atoms with van der Waals surface area (Å²) >= 11 is 6.83. The molecule has 3 heteroatoms. The number of benzene rings is 2. The molecule has 0 saturated heterocycles. The van der Waals surface area contributed by atoms with E-state index < -0.39 is 0 Å². The van der Waals surface area contributed by atoms with Crippen molar-refractivity contribution in [3.63, 3.8) is 0 Å². The number of hydrogen-bond acceptors (Lipinski definition) is 0. The Labute approximate surface area is 123 Å². The van der Waals surface area contributed by atoms with E-state index in [-0.39, 0.29) is 10.6 Å². The van der Waals surface area contributed by atoms with Crippen molar-refractivity contribution in [3.05, 3.63) is 68.9 Å². The molecule has 0 aliphatic heterocycles. The molecule has 0 aromatic heterocycles. The third kappa shape index (κ3) is 2.67. The van der Waals surface area contributed by atoms with Gasteiger partial charge in [0.1, 0.15) is 5.82 Å². The normalized spacial score (nSPS) is 12.5. The zero-order valence-corrected chi connectivity index (χ0v) is 13.3. The average molecular weight is 372 g/mol. The second-order valence-electron chi connectivity index (χ2n) is 4.37. The van der Waals surface area contributed by atoms with Crippen LogP contribution in [0, 0.1) is 19.7 Å². The van der Waals surface area contributed by atoms with Gasteiger partial charge < -0.3 is 0 Å². The van der Waals surface area contributed by atoms with Crippen LogP contribution in [0.2, 0.25) is 0 Å². The summed E-state index contributed by atoms with van der Waals surface area (Å²) < 4.78 is 14.6. The quantitative estimate of drug-likeness (QED) is 0.595. The highest BCUT2D eigenvalue weighted by molar-refractivity contribution is 9.10. The Kier molecular flexibility index (Phi) is 4.23. The maximum absolute atomic E-state index is 14.1. The van der Waals surface area contributed by atoms with Crippen molar-refractivity contribution in [2.24, 2.45) is 0 Å². The SMILES string of the molecule is Cc1ccc(C)c(C(Br)c2cccc(Br)c2F)c1. The molecule has 94 valence electrons. The molecule has 0 N–H and O–H groups in total. The Balaban J connectivity index is 2.51. The Bertz CT molecular complexity index is 577. The lowest BCUT2D eigenvalue weighted by Gasteiger charge is -2.15. The molecule has 2 rings (SSSR count). The van der Waals surface area contributed by atoms with E-state index in [0.717, 1.165) is 11.1 Å². The van der Waals surface area contributed by atoms with E-state index in [1.807, 2.05) is 19.9 Å². The Morgan fingerprint density at radius 1 is 1.06 bits per heavy atom. The fourth-order valence-electron chi connectivity index (χ4n) is 1.92. The molecule has 0 aliphatic rings. The molecular weight excluding hydrogens is 359 g/mol. The molecule has 1 atom stereocenters. The zero-order chi connectivity index (χ0) is 13.3. The van der Waals surface area contributed by atoms with Crippen molar-refractivity contribution in [2.45, 2.75) is 18.7 Å². The molecule has 2 aromatic rings. The van der Waals surface area contributed by atoms with Gasteiger partial charge in [-0.2, -0.15) is 0 Å². The fraction of sp³-hybridized carbons (Fsp3) is 0.200. The van der Waals surface area contributed by atoms with Gasteiger partial charge in [0.25, 0.3) is 0 Å². The van der Waals surface area contributed by atoms with E-state index in [1.54, 1.807) is 12.1 Å². The van der Waals surface area contributed by atoms with Gasteiger partial charge in [0.15, 0.2) is 0 Å². The van der Waals surface area contributed by atoms with Gasteiger partial charge in [0.2, 0.25) is 0 Å². The van der Waals surface area contributed by atoms with Crippen LogP contribution in [0.5, 0.6) is 0 Å². The fourth-order valence-corrected chi connectivity index (χ4v) is 3.15. The van der Waals surface area contributed by atoms with Crippen LogP contribution in [-0.2, 0) is 0 Å².